The van der Waals surface area contributed by atoms with Gasteiger partial charge >= 0.3 is 0 Å². The predicted molar refractivity (Wildman–Crippen MR) is 278 cm³/mol. The van der Waals surface area contributed by atoms with Crippen LogP contribution in [0.2, 0.25) is 0 Å². The molecule has 388 valence electrons. The monoisotopic (exact) mass is 1000 g/mol. The zero-order valence-electron chi connectivity index (χ0n) is 44.2. The van der Waals surface area contributed by atoms with E-state index in [2.05, 4.69) is 93.2 Å². The topological polar surface area (TPSA) is 263 Å². The van der Waals surface area contributed by atoms with E-state index in [4.69, 9.17) is 29.0 Å². The van der Waals surface area contributed by atoms with Gasteiger partial charge < -0.3 is 39.6 Å². The summed E-state index contributed by atoms with van der Waals surface area (Å²) in [7, 11) is 3.28. The van der Waals surface area contributed by atoms with E-state index >= 15 is 0 Å². The zero-order chi connectivity index (χ0) is 53.6. The van der Waals surface area contributed by atoms with Gasteiger partial charge in [-0.25, -0.2) is 10.5 Å². The third kappa shape index (κ3) is 28.8. The summed E-state index contributed by atoms with van der Waals surface area (Å²) in [6, 6.07) is 3.44. The van der Waals surface area contributed by atoms with Crippen LogP contribution in [0.4, 0.5) is 0 Å². The summed E-state index contributed by atoms with van der Waals surface area (Å²) in [5.74, 6) is 6.09. The van der Waals surface area contributed by atoms with Gasteiger partial charge in [-0.3, -0.25) is 19.5 Å². The number of nitrogens with zero attached hydrogens (tertiary/aromatic N) is 5. The fraction of sp³-hybridized carbons (Fsp3) is 0.551. The molecule has 0 aliphatic carbocycles. The van der Waals surface area contributed by atoms with E-state index in [1.165, 1.54) is 35.5 Å². The molecule has 0 saturated carbocycles. The fourth-order valence-electron chi connectivity index (χ4n) is 4.49. The number of carbonyl (C=O) groups is 2. The van der Waals surface area contributed by atoms with E-state index in [0.29, 0.717) is 46.8 Å². The number of amidine groups is 1. The van der Waals surface area contributed by atoms with E-state index in [0.717, 1.165) is 35.1 Å². The summed E-state index contributed by atoms with van der Waals surface area (Å²) >= 11 is 2.90. The number of furan rings is 1. The molecule has 0 bridgehead atoms. The van der Waals surface area contributed by atoms with Gasteiger partial charge in [-0.2, -0.15) is 18.8 Å². The van der Waals surface area contributed by atoms with E-state index in [1.807, 2.05) is 82.2 Å². The highest BCUT2D eigenvalue weighted by atomic mass is 32.1. The summed E-state index contributed by atoms with van der Waals surface area (Å²) in [6.45, 7) is 37.4. The molecular formula is C49H81N9O9S2. The number of hydrogen-bond donors (Lipinski definition) is 7. The smallest absolute Gasteiger partial charge is 0.240 e. The Morgan fingerprint density at radius 2 is 1.30 bits per heavy atom. The standard InChI is InChI=1S/C8H10O3.C7H10O2.C7H10OS.C6H10N2O.C6H10N2S.C5H9N3.2C5H11NO/c1-5(2)6-3-11-4-7(9)8(6)10;2*1-5(2)7-3-6(8)4-9-7;1-4(2)6-7-5(3)9-8-6;1-4(2)6-5(3)7-9-8-6;1-4(2)5-6-3-7-8-5;2*1-4(2)5(7)6-3/h3-5,9H,1-2H3;2*3-5,8H,1-2H3;4H,3H2,1-2H3,(H,7,8);4H,1-3H3;3-4H,1-2H3,(H,6,7,8);2*4H,1-3H3,(H,6,7). The molecule has 1 aliphatic heterocycles. The Kier molecular flexibility index (Phi) is 33.1. The van der Waals surface area contributed by atoms with Crippen molar-refractivity contribution in [3.05, 3.63) is 98.7 Å². The average molecular weight is 1000 g/mol. The highest BCUT2D eigenvalue weighted by Gasteiger charge is 2.12. The Bertz CT molecular complexity index is 2170. The predicted octanol–water partition coefficient (Wildman–Crippen LogP) is 10.9. The van der Waals surface area contributed by atoms with Crippen LogP contribution in [0, 0.1) is 24.7 Å². The number of aromatic nitrogens is 5. The first-order valence-corrected chi connectivity index (χ1v) is 24.3. The van der Waals surface area contributed by atoms with Crippen LogP contribution >= 0.6 is 23.1 Å². The molecule has 0 fully saturated rings. The number of aliphatic imine (C=N–C) groups is 1. The van der Waals surface area contributed by atoms with Crippen LogP contribution in [0.25, 0.3) is 0 Å². The molecule has 6 heterocycles. The van der Waals surface area contributed by atoms with Gasteiger partial charge in [0.05, 0.1) is 29.4 Å². The lowest BCUT2D eigenvalue weighted by Gasteiger charge is -2.01. The van der Waals surface area contributed by atoms with Gasteiger partial charge in [0, 0.05) is 65.6 Å². The lowest BCUT2D eigenvalue weighted by atomic mass is 10.1. The largest absolute Gasteiger partial charge is 0.507 e. The second-order valence-electron chi connectivity index (χ2n) is 17.6. The van der Waals surface area contributed by atoms with Gasteiger partial charge in [0.25, 0.3) is 0 Å². The summed E-state index contributed by atoms with van der Waals surface area (Å²) in [5.41, 5.74) is 5.04. The zero-order valence-corrected chi connectivity index (χ0v) is 45.8. The highest BCUT2D eigenvalue weighted by molar-refractivity contribution is 7.10. The minimum Gasteiger partial charge on any atom is -0.507 e. The van der Waals surface area contributed by atoms with Crippen molar-refractivity contribution >= 4 is 40.7 Å². The molecule has 1 aliphatic rings. The van der Waals surface area contributed by atoms with Crippen molar-refractivity contribution in [1.82, 2.24) is 40.0 Å². The number of H-pyrrole nitrogens is 1. The maximum Gasteiger partial charge on any atom is 0.240 e. The lowest BCUT2D eigenvalue weighted by Crippen LogP contribution is -2.22. The fourth-order valence-corrected chi connectivity index (χ4v) is 5.96. The first kappa shape index (κ1) is 65.1. The number of aromatic hydroxyl groups is 3. The Balaban J connectivity index is 0. The molecule has 6 rings (SSSR count). The van der Waals surface area contributed by atoms with Crippen LogP contribution in [0.15, 0.2) is 73.7 Å². The van der Waals surface area contributed by atoms with Crippen LogP contribution in [-0.2, 0) is 14.4 Å². The molecule has 2 amide bonds. The Morgan fingerprint density at radius 3 is 1.52 bits per heavy atom. The average Bonchev–Trinajstić information content (AvgIpc) is 4.15. The Morgan fingerprint density at radius 1 is 0.725 bits per heavy atom. The third-order valence-corrected chi connectivity index (χ3v) is 10.5. The van der Waals surface area contributed by atoms with Crippen molar-refractivity contribution in [1.29, 1.82) is 0 Å². The van der Waals surface area contributed by atoms with Crippen LogP contribution < -0.4 is 21.5 Å². The quantitative estimate of drug-likeness (QED) is 0.0763. The number of aromatic amines is 1. The van der Waals surface area contributed by atoms with Gasteiger partial charge in [0.15, 0.2) is 11.5 Å². The number of carbonyl (C=O) groups excluding carboxylic acids is 2. The number of rotatable bonds is 8. The van der Waals surface area contributed by atoms with Crippen molar-refractivity contribution in [2.75, 3.05) is 14.1 Å². The number of amides is 2. The van der Waals surface area contributed by atoms with Crippen molar-refractivity contribution in [3.63, 3.8) is 0 Å². The minimum atomic E-state index is -0.341. The molecule has 0 aromatic carbocycles. The molecule has 20 heteroatoms. The molecule has 0 atom stereocenters. The maximum absolute atomic E-state index is 11.1. The normalized spacial score (nSPS) is 11.1. The maximum atomic E-state index is 11.1. The Hall–Kier alpha value is -6.02. The third-order valence-electron chi connectivity index (χ3n) is 8.66. The molecule has 0 spiro atoms. The summed E-state index contributed by atoms with van der Waals surface area (Å²) in [6.07, 6.45) is 5.27. The molecule has 5 aromatic heterocycles. The first-order valence-electron chi connectivity index (χ1n) is 22.7. The molecular weight excluding hydrogens is 923 g/mol. The van der Waals surface area contributed by atoms with Crippen molar-refractivity contribution in [2.45, 2.75) is 147 Å². The van der Waals surface area contributed by atoms with E-state index in [1.54, 1.807) is 36.9 Å². The molecule has 0 unspecified atom stereocenters. The molecule has 18 nitrogen and oxygen atoms in total. The molecule has 0 radical (unpaired) electrons. The van der Waals surface area contributed by atoms with Gasteiger partial charge in [-0.05, 0) is 37.3 Å². The Labute approximate surface area is 417 Å². The molecule has 0 saturated heterocycles. The van der Waals surface area contributed by atoms with Crippen LogP contribution in [0.1, 0.15) is 174 Å². The number of nitrogens with one attached hydrogen (secondary N) is 4. The van der Waals surface area contributed by atoms with Crippen molar-refractivity contribution in [3.8, 4) is 17.2 Å². The van der Waals surface area contributed by atoms with Crippen LogP contribution in [-0.4, -0.2) is 71.0 Å². The van der Waals surface area contributed by atoms with Crippen molar-refractivity contribution < 1.29 is 38.6 Å². The lowest BCUT2D eigenvalue weighted by molar-refractivity contribution is -0.124. The van der Waals surface area contributed by atoms with Gasteiger partial charge in [-0.15, -0.1) is 11.3 Å². The molecule has 5 aromatic rings. The molecule has 69 heavy (non-hydrogen) atoms. The summed E-state index contributed by atoms with van der Waals surface area (Å²) < 4.78 is 17.9. The van der Waals surface area contributed by atoms with Gasteiger partial charge in [-0.1, -0.05) is 111 Å². The summed E-state index contributed by atoms with van der Waals surface area (Å²) in [4.78, 5) is 45.8. The number of aryl methyl sites for hydroxylation is 1. The van der Waals surface area contributed by atoms with Gasteiger partial charge in [0.1, 0.15) is 42.0 Å². The van der Waals surface area contributed by atoms with E-state index in [9.17, 15) is 14.4 Å². The number of thiophene rings is 1. The molecule has 7 N–H and O–H groups in total. The van der Waals surface area contributed by atoms with Crippen molar-refractivity contribution in [2.24, 2.45) is 22.7 Å². The number of hydroxylamine groups is 1. The van der Waals surface area contributed by atoms with E-state index < -0.39 is 0 Å². The van der Waals surface area contributed by atoms with Crippen LogP contribution in [0.5, 0.6) is 17.2 Å². The van der Waals surface area contributed by atoms with Crippen LogP contribution in [0.3, 0.4) is 0 Å². The first-order chi connectivity index (χ1) is 32.1. The number of hydrogen-bond acceptors (Lipinski definition) is 17. The second-order valence-corrected chi connectivity index (χ2v) is 19.1. The SMILES string of the molecule is C=C1N=C(C(C)C)NO1.CC(C)c1cc(O)co1.CC(C)c1cc(O)cs1.CC(C)c1cocc(O)c1=O.CC(C)c1ncn[nH]1.CNC(=O)C(C)C.CNC(=O)C(C)C.Cc1nsnc1C(C)C. The highest BCUT2D eigenvalue weighted by Crippen LogP contribution is 2.26. The van der Waals surface area contributed by atoms with E-state index in [-0.39, 0.29) is 46.5 Å². The van der Waals surface area contributed by atoms with Gasteiger partial charge in [0.2, 0.25) is 23.1 Å². The second kappa shape index (κ2) is 35.1. The summed E-state index contributed by atoms with van der Waals surface area (Å²) in [5, 5.41) is 40.0. The minimum absolute atomic E-state index is 0.0818.